The van der Waals surface area contributed by atoms with Crippen LogP contribution in [-0.2, 0) is 4.79 Å². The third-order valence-electron chi connectivity index (χ3n) is 3.27. The van der Waals surface area contributed by atoms with Crippen molar-refractivity contribution in [1.82, 2.24) is 15.5 Å². The first-order chi connectivity index (χ1) is 7.81. The van der Waals surface area contributed by atoms with Crippen molar-refractivity contribution in [2.45, 2.75) is 52.1 Å². The maximum atomic E-state index is 11.7. The standard InChI is InChI=1S/C13H29N3O/c1-7-8-9-14-12(17)11(2)15-10-13(3,4)16(5)6/h11,15H,7-10H2,1-6H3,(H,14,17). The van der Waals surface area contributed by atoms with Crippen LogP contribution < -0.4 is 10.6 Å². The zero-order chi connectivity index (χ0) is 13.5. The number of nitrogens with zero attached hydrogens (tertiary/aromatic N) is 1. The Morgan fingerprint density at radius 3 is 2.41 bits per heavy atom. The summed E-state index contributed by atoms with van der Waals surface area (Å²) in [5.41, 5.74) is 0.0535. The summed E-state index contributed by atoms with van der Waals surface area (Å²) in [5, 5.41) is 6.21. The third kappa shape index (κ3) is 6.64. The van der Waals surface area contributed by atoms with Crippen LogP contribution in [0.25, 0.3) is 0 Å². The molecule has 0 heterocycles. The molecule has 0 rings (SSSR count). The van der Waals surface area contributed by atoms with E-state index in [9.17, 15) is 4.79 Å². The first kappa shape index (κ1) is 16.4. The second-order valence-corrected chi connectivity index (χ2v) is 5.45. The molecule has 0 aromatic carbocycles. The molecule has 1 atom stereocenters. The minimum absolute atomic E-state index is 0.0535. The molecule has 0 radical (unpaired) electrons. The molecular formula is C13H29N3O. The lowest BCUT2D eigenvalue weighted by molar-refractivity contribution is -0.122. The lowest BCUT2D eigenvalue weighted by atomic mass is 10.0. The molecule has 4 heteroatoms. The van der Waals surface area contributed by atoms with Gasteiger partial charge in [0.05, 0.1) is 6.04 Å². The molecule has 0 aromatic heterocycles. The summed E-state index contributed by atoms with van der Waals surface area (Å²) >= 11 is 0. The number of carbonyl (C=O) groups excluding carboxylic acids is 1. The number of rotatable bonds is 8. The molecule has 0 fully saturated rings. The molecule has 0 bridgehead atoms. The smallest absolute Gasteiger partial charge is 0.236 e. The maximum absolute atomic E-state index is 11.7. The van der Waals surface area contributed by atoms with Crippen molar-refractivity contribution < 1.29 is 4.79 Å². The SMILES string of the molecule is CCCCNC(=O)C(C)NCC(C)(C)N(C)C. The van der Waals surface area contributed by atoms with Gasteiger partial charge in [0.1, 0.15) is 0 Å². The molecule has 0 aliphatic carbocycles. The van der Waals surface area contributed by atoms with E-state index in [-0.39, 0.29) is 17.5 Å². The Morgan fingerprint density at radius 2 is 1.94 bits per heavy atom. The molecule has 0 aliphatic rings. The van der Waals surface area contributed by atoms with Crippen molar-refractivity contribution in [2.24, 2.45) is 0 Å². The fourth-order valence-electron chi connectivity index (χ4n) is 1.20. The number of unbranched alkanes of at least 4 members (excludes halogenated alkanes) is 1. The summed E-state index contributed by atoms with van der Waals surface area (Å²) in [6.45, 7) is 9.91. The Bertz CT molecular complexity index is 227. The topological polar surface area (TPSA) is 44.4 Å². The fraction of sp³-hybridized carbons (Fsp3) is 0.923. The largest absolute Gasteiger partial charge is 0.355 e. The minimum atomic E-state index is -0.133. The monoisotopic (exact) mass is 243 g/mol. The molecule has 17 heavy (non-hydrogen) atoms. The van der Waals surface area contributed by atoms with E-state index in [1.807, 2.05) is 21.0 Å². The second kappa shape index (κ2) is 7.67. The average molecular weight is 243 g/mol. The number of hydrogen-bond acceptors (Lipinski definition) is 3. The highest BCUT2D eigenvalue weighted by molar-refractivity contribution is 5.81. The third-order valence-corrected chi connectivity index (χ3v) is 3.27. The molecule has 0 aliphatic heterocycles. The van der Waals surface area contributed by atoms with Gasteiger partial charge >= 0.3 is 0 Å². The van der Waals surface area contributed by atoms with Crippen LogP contribution in [0, 0.1) is 0 Å². The Kier molecular flexibility index (Phi) is 7.39. The zero-order valence-corrected chi connectivity index (χ0v) is 12.3. The van der Waals surface area contributed by atoms with Gasteiger partial charge in [0.15, 0.2) is 0 Å². The highest BCUT2D eigenvalue weighted by atomic mass is 16.2. The van der Waals surface area contributed by atoms with E-state index in [4.69, 9.17) is 0 Å². The van der Waals surface area contributed by atoms with Crippen molar-refractivity contribution in [2.75, 3.05) is 27.2 Å². The van der Waals surface area contributed by atoms with Crippen molar-refractivity contribution in [3.63, 3.8) is 0 Å². The predicted molar refractivity (Wildman–Crippen MR) is 73.1 cm³/mol. The lowest BCUT2D eigenvalue weighted by Gasteiger charge is -2.33. The van der Waals surface area contributed by atoms with Gasteiger partial charge in [-0.1, -0.05) is 13.3 Å². The molecule has 102 valence electrons. The number of amides is 1. The molecule has 0 saturated heterocycles. The van der Waals surface area contributed by atoms with Crippen LogP contribution in [0.2, 0.25) is 0 Å². The van der Waals surface area contributed by atoms with E-state index in [2.05, 4.69) is 36.3 Å². The van der Waals surface area contributed by atoms with Gasteiger partial charge in [-0.3, -0.25) is 4.79 Å². The van der Waals surface area contributed by atoms with E-state index in [0.29, 0.717) is 0 Å². The average Bonchev–Trinajstić information content (AvgIpc) is 2.26. The number of carbonyl (C=O) groups is 1. The zero-order valence-electron chi connectivity index (χ0n) is 12.3. The molecule has 0 spiro atoms. The summed E-state index contributed by atoms with van der Waals surface area (Å²) < 4.78 is 0. The Labute approximate surface area is 106 Å². The number of likely N-dealkylation sites (N-methyl/N-ethyl adjacent to an activating group) is 1. The second-order valence-electron chi connectivity index (χ2n) is 5.45. The minimum Gasteiger partial charge on any atom is -0.355 e. The molecule has 0 saturated carbocycles. The fourth-order valence-corrected chi connectivity index (χ4v) is 1.20. The van der Waals surface area contributed by atoms with E-state index in [1.165, 1.54) is 0 Å². The summed E-state index contributed by atoms with van der Waals surface area (Å²) in [6.07, 6.45) is 2.15. The molecule has 2 N–H and O–H groups in total. The summed E-state index contributed by atoms with van der Waals surface area (Å²) in [6, 6.07) is -0.133. The number of nitrogens with one attached hydrogen (secondary N) is 2. The molecule has 0 aromatic rings. The van der Waals surface area contributed by atoms with Crippen LogP contribution in [0.4, 0.5) is 0 Å². The van der Waals surface area contributed by atoms with Crippen LogP contribution in [0.3, 0.4) is 0 Å². The predicted octanol–water partition coefficient (Wildman–Crippen LogP) is 1.22. The summed E-state index contributed by atoms with van der Waals surface area (Å²) in [4.78, 5) is 13.9. The molecule has 1 amide bonds. The van der Waals surface area contributed by atoms with Gasteiger partial charge in [0.25, 0.3) is 0 Å². The van der Waals surface area contributed by atoms with Crippen molar-refractivity contribution in [1.29, 1.82) is 0 Å². The van der Waals surface area contributed by atoms with E-state index in [1.54, 1.807) is 0 Å². The Morgan fingerprint density at radius 1 is 1.35 bits per heavy atom. The summed E-state index contributed by atoms with van der Waals surface area (Å²) in [5.74, 6) is 0.0907. The van der Waals surface area contributed by atoms with Crippen molar-refractivity contribution >= 4 is 5.91 Å². The van der Waals surface area contributed by atoms with Gasteiger partial charge in [-0.25, -0.2) is 0 Å². The van der Waals surface area contributed by atoms with E-state index >= 15 is 0 Å². The van der Waals surface area contributed by atoms with Crippen molar-refractivity contribution in [3.8, 4) is 0 Å². The van der Waals surface area contributed by atoms with Gasteiger partial charge in [-0.2, -0.15) is 0 Å². The normalized spacial score (nSPS) is 13.8. The highest BCUT2D eigenvalue weighted by Crippen LogP contribution is 2.08. The van der Waals surface area contributed by atoms with Gasteiger partial charge in [-0.05, 0) is 41.3 Å². The highest BCUT2D eigenvalue weighted by Gasteiger charge is 2.22. The van der Waals surface area contributed by atoms with Crippen LogP contribution in [0.1, 0.15) is 40.5 Å². The summed E-state index contributed by atoms with van der Waals surface area (Å²) in [7, 11) is 4.10. The van der Waals surface area contributed by atoms with E-state index in [0.717, 1.165) is 25.9 Å². The Hall–Kier alpha value is -0.610. The van der Waals surface area contributed by atoms with Crippen LogP contribution in [-0.4, -0.2) is 49.6 Å². The first-order valence-corrected chi connectivity index (χ1v) is 6.49. The lowest BCUT2D eigenvalue weighted by Crippen LogP contribution is -2.52. The van der Waals surface area contributed by atoms with Crippen LogP contribution in [0.15, 0.2) is 0 Å². The maximum Gasteiger partial charge on any atom is 0.236 e. The molecular weight excluding hydrogens is 214 g/mol. The van der Waals surface area contributed by atoms with Gasteiger partial charge in [-0.15, -0.1) is 0 Å². The van der Waals surface area contributed by atoms with Crippen LogP contribution >= 0.6 is 0 Å². The van der Waals surface area contributed by atoms with Gasteiger partial charge < -0.3 is 15.5 Å². The van der Waals surface area contributed by atoms with Crippen molar-refractivity contribution in [3.05, 3.63) is 0 Å². The van der Waals surface area contributed by atoms with Crippen LogP contribution in [0.5, 0.6) is 0 Å². The van der Waals surface area contributed by atoms with Gasteiger partial charge in [0.2, 0.25) is 5.91 Å². The Balaban J connectivity index is 3.92. The van der Waals surface area contributed by atoms with Gasteiger partial charge in [0, 0.05) is 18.6 Å². The molecule has 4 nitrogen and oxygen atoms in total. The quantitative estimate of drug-likeness (QED) is 0.630. The number of hydrogen-bond donors (Lipinski definition) is 2. The van der Waals surface area contributed by atoms with E-state index < -0.39 is 0 Å². The molecule has 1 unspecified atom stereocenters. The first-order valence-electron chi connectivity index (χ1n) is 6.49.